The third kappa shape index (κ3) is 7.05. The number of hydrogen-bond donors (Lipinski definition) is 0. The van der Waals surface area contributed by atoms with E-state index in [-0.39, 0.29) is 5.92 Å². The summed E-state index contributed by atoms with van der Waals surface area (Å²) in [7, 11) is 5.00. The molecule has 3 nitrogen and oxygen atoms in total. The van der Waals surface area contributed by atoms with Crippen molar-refractivity contribution in [3.05, 3.63) is 0 Å². The average molecular weight is 288 g/mol. The van der Waals surface area contributed by atoms with E-state index in [4.69, 9.17) is 14.2 Å². The van der Waals surface area contributed by atoms with Gasteiger partial charge in [-0.1, -0.05) is 59.3 Å². The first-order chi connectivity index (χ1) is 9.56. The van der Waals surface area contributed by atoms with Gasteiger partial charge in [0.2, 0.25) is 0 Å². The molecule has 0 aromatic heterocycles. The van der Waals surface area contributed by atoms with E-state index in [1.165, 1.54) is 38.5 Å². The number of rotatable bonds is 13. The van der Waals surface area contributed by atoms with Crippen LogP contribution < -0.4 is 0 Å². The highest BCUT2D eigenvalue weighted by Gasteiger charge is 2.39. The van der Waals surface area contributed by atoms with E-state index in [2.05, 4.69) is 20.8 Å². The van der Waals surface area contributed by atoms with Gasteiger partial charge in [0.25, 0.3) is 5.97 Å². The quantitative estimate of drug-likeness (QED) is 0.353. The molecule has 0 radical (unpaired) electrons. The summed E-state index contributed by atoms with van der Waals surface area (Å²) in [5, 5.41) is 0. The molecule has 0 saturated heterocycles. The molecule has 122 valence electrons. The summed E-state index contributed by atoms with van der Waals surface area (Å²) in [6, 6.07) is 0. The van der Waals surface area contributed by atoms with E-state index in [1.807, 2.05) is 0 Å². The van der Waals surface area contributed by atoms with Crippen LogP contribution in [0.1, 0.15) is 72.1 Å². The molecule has 0 heterocycles. The Bertz CT molecular complexity index is 204. The fourth-order valence-corrected chi connectivity index (χ4v) is 2.93. The van der Waals surface area contributed by atoms with Crippen molar-refractivity contribution in [2.75, 3.05) is 21.3 Å². The van der Waals surface area contributed by atoms with Crippen LogP contribution in [0.5, 0.6) is 0 Å². The second kappa shape index (κ2) is 11.5. The Hall–Kier alpha value is -0.120. The van der Waals surface area contributed by atoms with Gasteiger partial charge in [0.15, 0.2) is 0 Å². The van der Waals surface area contributed by atoms with Gasteiger partial charge < -0.3 is 14.2 Å². The fraction of sp³-hybridized carbons (Fsp3) is 1.00. The predicted molar refractivity (Wildman–Crippen MR) is 84.7 cm³/mol. The fourth-order valence-electron chi connectivity index (χ4n) is 2.93. The average Bonchev–Trinajstić information content (AvgIpc) is 2.44. The highest BCUT2D eigenvalue weighted by atomic mass is 16.9. The third-order valence-corrected chi connectivity index (χ3v) is 4.02. The molecule has 3 heteroatoms. The molecule has 0 amide bonds. The van der Waals surface area contributed by atoms with Crippen LogP contribution in [-0.2, 0) is 14.2 Å². The highest BCUT2D eigenvalue weighted by Crippen LogP contribution is 2.33. The van der Waals surface area contributed by atoms with Crippen molar-refractivity contribution in [1.29, 1.82) is 0 Å². The van der Waals surface area contributed by atoms with E-state index in [0.717, 1.165) is 12.8 Å². The molecule has 20 heavy (non-hydrogen) atoms. The Kier molecular flexibility index (Phi) is 11.5. The molecule has 0 spiro atoms. The third-order valence-electron chi connectivity index (χ3n) is 4.02. The standard InChI is InChI=1S/C17H36O3/c1-7-8-9-10-11-12-13-16(14-15(2)3)17(18-4,19-5)20-6/h15-16H,7-14H2,1-6H3. The molecular formula is C17H36O3. The summed E-state index contributed by atoms with van der Waals surface area (Å²) in [4.78, 5) is 0. The molecule has 0 saturated carbocycles. The number of unbranched alkanes of at least 4 members (excludes halogenated alkanes) is 5. The molecule has 1 unspecified atom stereocenters. The van der Waals surface area contributed by atoms with Crippen LogP contribution in [0.4, 0.5) is 0 Å². The lowest BCUT2D eigenvalue weighted by molar-refractivity contribution is -0.381. The van der Waals surface area contributed by atoms with E-state index >= 15 is 0 Å². The maximum absolute atomic E-state index is 5.55. The normalized spacial score (nSPS) is 13.9. The van der Waals surface area contributed by atoms with Crippen LogP contribution in [0.3, 0.4) is 0 Å². The Morgan fingerprint density at radius 1 is 0.800 bits per heavy atom. The van der Waals surface area contributed by atoms with Crippen LogP contribution in [0, 0.1) is 11.8 Å². The summed E-state index contributed by atoms with van der Waals surface area (Å²) >= 11 is 0. The first-order valence-corrected chi connectivity index (χ1v) is 8.21. The molecule has 0 bridgehead atoms. The molecular weight excluding hydrogens is 252 g/mol. The molecule has 0 aliphatic carbocycles. The van der Waals surface area contributed by atoms with Gasteiger partial charge >= 0.3 is 0 Å². The zero-order chi connectivity index (χ0) is 15.4. The van der Waals surface area contributed by atoms with Crippen LogP contribution in [0.15, 0.2) is 0 Å². The van der Waals surface area contributed by atoms with Crippen LogP contribution in [-0.4, -0.2) is 27.3 Å². The van der Waals surface area contributed by atoms with Gasteiger partial charge in [0.05, 0.1) is 0 Å². The Labute approximate surface area is 126 Å². The van der Waals surface area contributed by atoms with Gasteiger partial charge in [0.1, 0.15) is 0 Å². The smallest absolute Gasteiger partial charge is 0.285 e. The maximum atomic E-state index is 5.55. The van der Waals surface area contributed by atoms with Gasteiger partial charge in [-0.3, -0.25) is 0 Å². The van der Waals surface area contributed by atoms with E-state index < -0.39 is 5.97 Å². The number of ether oxygens (including phenoxy) is 3. The lowest BCUT2D eigenvalue weighted by Crippen LogP contribution is -2.44. The molecule has 0 aromatic rings. The van der Waals surface area contributed by atoms with Gasteiger partial charge in [-0.05, 0) is 18.8 Å². The van der Waals surface area contributed by atoms with Crippen LogP contribution >= 0.6 is 0 Å². The molecule has 0 N–H and O–H groups in total. The van der Waals surface area contributed by atoms with Crippen molar-refractivity contribution < 1.29 is 14.2 Å². The molecule has 0 fully saturated rings. The lowest BCUT2D eigenvalue weighted by Gasteiger charge is -2.37. The number of hydrogen-bond acceptors (Lipinski definition) is 3. The minimum absolute atomic E-state index is 0.286. The van der Waals surface area contributed by atoms with E-state index in [1.54, 1.807) is 21.3 Å². The summed E-state index contributed by atoms with van der Waals surface area (Å²) in [5.74, 6) is 0.0156. The van der Waals surface area contributed by atoms with Crippen molar-refractivity contribution in [3.63, 3.8) is 0 Å². The van der Waals surface area contributed by atoms with Crippen LogP contribution in [0.25, 0.3) is 0 Å². The zero-order valence-electron chi connectivity index (χ0n) is 14.5. The van der Waals surface area contributed by atoms with Crippen molar-refractivity contribution >= 4 is 0 Å². The molecule has 0 aromatic carbocycles. The molecule has 1 atom stereocenters. The second-order valence-corrected chi connectivity index (χ2v) is 6.10. The SMILES string of the molecule is CCCCCCCCC(CC(C)C)C(OC)(OC)OC. The Balaban J connectivity index is 4.33. The van der Waals surface area contributed by atoms with Gasteiger partial charge in [-0.25, -0.2) is 0 Å². The zero-order valence-corrected chi connectivity index (χ0v) is 14.5. The van der Waals surface area contributed by atoms with Crippen molar-refractivity contribution in [2.24, 2.45) is 11.8 Å². The monoisotopic (exact) mass is 288 g/mol. The molecule has 0 aliphatic rings. The summed E-state index contributed by atoms with van der Waals surface area (Å²) in [6.07, 6.45) is 10.0. The summed E-state index contributed by atoms with van der Waals surface area (Å²) < 4.78 is 16.7. The number of methoxy groups -OCH3 is 3. The van der Waals surface area contributed by atoms with E-state index in [9.17, 15) is 0 Å². The van der Waals surface area contributed by atoms with Gasteiger partial charge in [-0.15, -0.1) is 0 Å². The molecule has 0 aliphatic heterocycles. The second-order valence-electron chi connectivity index (χ2n) is 6.10. The van der Waals surface area contributed by atoms with E-state index in [0.29, 0.717) is 5.92 Å². The van der Waals surface area contributed by atoms with Crippen molar-refractivity contribution in [2.45, 2.75) is 78.1 Å². The topological polar surface area (TPSA) is 27.7 Å². The van der Waals surface area contributed by atoms with Gasteiger partial charge in [-0.2, -0.15) is 0 Å². The first-order valence-electron chi connectivity index (χ1n) is 8.21. The minimum Gasteiger partial charge on any atom is -0.331 e. The predicted octanol–water partition coefficient (Wildman–Crippen LogP) is 4.99. The van der Waals surface area contributed by atoms with Crippen LogP contribution in [0.2, 0.25) is 0 Å². The highest BCUT2D eigenvalue weighted by molar-refractivity contribution is 4.72. The Morgan fingerprint density at radius 3 is 1.75 bits per heavy atom. The first kappa shape index (κ1) is 19.9. The Morgan fingerprint density at radius 2 is 1.30 bits per heavy atom. The summed E-state index contributed by atoms with van der Waals surface area (Å²) in [6.45, 7) is 6.72. The van der Waals surface area contributed by atoms with Crippen molar-refractivity contribution in [1.82, 2.24) is 0 Å². The molecule has 0 rings (SSSR count). The van der Waals surface area contributed by atoms with Crippen molar-refractivity contribution in [3.8, 4) is 0 Å². The minimum atomic E-state index is -0.881. The van der Waals surface area contributed by atoms with Gasteiger partial charge in [0, 0.05) is 27.2 Å². The summed E-state index contributed by atoms with van der Waals surface area (Å²) in [5.41, 5.74) is 0. The largest absolute Gasteiger partial charge is 0.331 e. The lowest BCUT2D eigenvalue weighted by atomic mass is 9.89. The maximum Gasteiger partial charge on any atom is 0.285 e.